The van der Waals surface area contributed by atoms with Crippen molar-refractivity contribution in [1.29, 1.82) is 0 Å². The molecule has 0 spiro atoms. The minimum absolute atomic E-state index is 0.106. The van der Waals surface area contributed by atoms with Gasteiger partial charge in [0.2, 0.25) is 5.91 Å². The standard InChI is InChI=1S/C20H25N3O/c1-17(24)23(15-18-7-3-2-4-8-18)16-19-9-5-6-10-20(19)22-13-11-21-12-14-22/h2-10,21H,11-16H2,1H3. The highest BCUT2D eigenvalue weighted by molar-refractivity contribution is 5.73. The highest BCUT2D eigenvalue weighted by atomic mass is 16.2. The average Bonchev–Trinajstić information content (AvgIpc) is 2.63. The predicted octanol–water partition coefficient (Wildman–Crippen LogP) is 2.64. The van der Waals surface area contributed by atoms with E-state index >= 15 is 0 Å². The summed E-state index contributed by atoms with van der Waals surface area (Å²) < 4.78 is 0. The molecule has 24 heavy (non-hydrogen) atoms. The molecule has 126 valence electrons. The van der Waals surface area contributed by atoms with Crippen LogP contribution < -0.4 is 10.2 Å². The molecule has 4 nitrogen and oxygen atoms in total. The topological polar surface area (TPSA) is 35.6 Å². The lowest BCUT2D eigenvalue weighted by molar-refractivity contribution is -0.130. The van der Waals surface area contributed by atoms with Gasteiger partial charge >= 0.3 is 0 Å². The van der Waals surface area contributed by atoms with Gasteiger partial charge in [-0.25, -0.2) is 0 Å². The Morgan fingerprint density at radius 2 is 1.67 bits per heavy atom. The third-order valence-corrected chi connectivity index (χ3v) is 4.47. The molecule has 0 radical (unpaired) electrons. The first-order chi connectivity index (χ1) is 11.7. The molecule has 0 atom stereocenters. The Kier molecular flexibility index (Phi) is 5.49. The van der Waals surface area contributed by atoms with E-state index in [-0.39, 0.29) is 5.91 Å². The summed E-state index contributed by atoms with van der Waals surface area (Å²) in [6, 6.07) is 18.6. The van der Waals surface area contributed by atoms with E-state index in [1.165, 1.54) is 11.3 Å². The zero-order valence-corrected chi connectivity index (χ0v) is 14.2. The van der Waals surface area contributed by atoms with Crippen LogP contribution >= 0.6 is 0 Å². The fraction of sp³-hybridized carbons (Fsp3) is 0.350. The number of hydrogen-bond acceptors (Lipinski definition) is 3. The Morgan fingerprint density at radius 1 is 1.00 bits per heavy atom. The van der Waals surface area contributed by atoms with Gasteiger partial charge in [-0.3, -0.25) is 4.79 Å². The molecule has 1 saturated heterocycles. The molecule has 1 fully saturated rings. The van der Waals surface area contributed by atoms with Gasteiger partial charge < -0.3 is 15.1 Å². The van der Waals surface area contributed by atoms with E-state index in [0.717, 1.165) is 31.7 Å². The van der Waals surface area contributed by atoms with E-state index in [2.05, 4.69) is 46.6 Å². The number of piperazine rings is 1. The summed E-state index contributed by atoms with van der Waals surface area (Å²) >= 11 is 0. The van der Waals surface area contributed by atoms with E-state index in [4.69, 9.17) is 0 Å². The van der Waals surface area contributed by atoms with E-state index in [1.807, 2.05) is 23.1 Å². The number of amides is 1. The average molecular weight is 323 g/mol. The van der Waals surface area contributed by atoms with Crippen molar-refractivity contribution in [2.45, 2.75) is 20.0 Å². The quantitative estimate of drug-likeness (QED) is 0.919. The number of nitrogens with zero attached hydrogens (tertiary/aromatic N) is 2. The Bertz CT molecular complexity index is 666. The second-order valence-electron chi connectivity index (χ2n) is 6.23. The SMILES string of the molecule is CC(=O)N(Cc1ccccc1)Cc1ccccc1N1CCNCC1. The molecule has 1 heterocycles. The van der Waals surface area contributed by atoms with Crippen LogP contribution in [-0.4, -0.2) is 37.0 Å². The summed E-state index contributed by atoms with van der Waals surface area (Å²) in [7, 11) is 0. The molecule has 2 aromatic rings. The van der Waals surface area contributed by atoms with E-state index in [0.29, 0.717) is 13.1 Å². The van der Waals surface area contributed by atoms with Gasteiger partial charge in [0.25, 0.3) is 0 Å². The molecule has 1 amide bonds. The van der Waals surface area contributed by atoms with Crippen molar-refractivity contribution in [1.82, 2.24) is 10.2 Å². The minimum Gasteiger partial charge on any atom is -0.369 e. The number of nitrogens with one attached hydrogen (secondary N) is 1. The van der Waals surface area contributed by atoms with Crippen molar-refractivity contribution in [3.63, 3.8) is 0 Å². The summed E-state index contributed by atoms with van der Waals surface area (Å²) in [5, 5.41) is 3.39. The Labute approximate surface area is 144 Å². The van der Waals surface area contributed by atoms with Crippen LogP contribution in [0.1, 0.15) is 18.1 Å². The van der Waals surface area contributed by atoms with Crippen molar-refractivity contribution in [2.75, 3.05) is 31.1 Å². The predicted molar refractivity (Wildman–Crippen MR) is 97.9 cm³/mol. The van der Waals surface area contributed by atoms with Gasteiger partial charge in [-0.2, -0.15) is 0 Å². The molecule has 1 aliphatic heterocycles. The van der Waals surface area contributed by atoms with Crippen LogP contribution in [0.15, 0.2) is 54.6 Å². The first-order valence-corrected chi connectivity index (χ1v) is 8.57. The number of benzene rings is 2. The van der Waals surface area contributed by atoms with Crippen molar-refractivity contribution in [3.8, 4) is 0 Å². The summed E-state index contributed by atoms with van der Waals surface area (Å²) in [6.07, 6.45) is 0. The van der Waals surface area contributed by atoms with Crippen molar-refractivity contribution in [2.24, 2.45) is 0 Å². The van der Waals surface area contributed by atoms with Crippen LogP contribution in [0.2, 0.25) is 0 Å². The fourth-order valence-corrected chi connectivity index (χ4v) is 3.15. The Hall–Kier alpha value is -2.33. The van der Waals surface area contributed by atoms with Gasteiger partial charge in [0.15, 0.2) is 0 Å². The molecule has 0 aliphatic carbocycles. The van der Waals surface area contributed by atoms with Gasteiger partial charge in [0.1, 0.15) is 0 Å². The smallest absolute Gasteiger partial charge is 0.220 e. The second-order valence-corrected chi connectivity index (χ2v) is 6.23. The van der Waals surface area contributed by atoms with Crippen LogP contribution in [0, 0.1) is 0 Å². The number of anilines is 1. The fourth-order valence-electron chi connectivity index (χ4n) is 3.15. The van der Waals surface area contributed by atoms with Gasteiger partial charge in [-0.15, -0.1) is 0 Å². The molecular weight excluding hydrogens is 298 g/mol. The molecule has 1 N–H and O–H groups in total. The normalized spacial score (nSPS) is 14.5. The molecule has 0 bridgehead atoms. The Morgan fingerprint density at radius 3 is 2.38 bits per heavy atom. The first-order valence-electron chi connectivity index (χ1n) is 8.57. The van der Waals surface area contributed by atoms with Crippen LogP contribution in [-0.2, 0) is 17.9 Å². The summed E-state index contributed by atoms with van der Waals surface area (Å²) in [6.45, 7) is 6.97. The highest BCUT2D eigenvalue weighted by Crippen LogP contribution is 2.23. The van der Waals surface area contributed by atoms with Crippen LogP contribution in [0.25, 0.3) is 0 Å². The Balaban J connectivity index is 1.78. The number of rotatable bonds is 5. The molecule has 3 rings (SSSR count). The lowest BCUT2D eigenvalue weighted by Crippen LogP contribution is -2.44. The third-order valence-electron chi connectivity index (χ3n) is 4.47. The largest absolute Gasteiger partial charge is 0.369 e. The molecular formula is C20H25N3O. The summed E-state index contributed by atoms with van der Waals surface area (Å²) in [5.41, 5.74) is 3.62. The van der Waals surface area contributed by atoms with E-state index < -0.39 is 0 Å². The molecule has 2 aromatic carbocycles. The third kappa shape index (κ3) is 4.15. The first kappa shape index (κ1) is 16.5. The van der Waals surface area contributed by atoms with Gasteiger partial charge in [-0.1, -0.05) is 48.5 Å². The molecule has 0 unspecified atom stereocenters. The maximum absolute atomic E-state index is 12.1. The van der Waals surface area contributed by atoms with Crippen molar-refractivity contribution < 1.29 is 4.79 Å². The van der Waals surface area contributed by atoms with E-state index in [1.54, 1.807) is 6.92 Å². The summed E-state index contributed by atoms with van der Waals surface area (Å²) in [5.74, 6) is 0.106. The molecule has 0 aromatic heterocycles. The maximum Gasteiger partial charge on any atom is 0.220 e. The molecule has 0 saturated carbocycles. The molecule has 1 aliphatic rings. The zero-order chi connectivity index (χ0) is 16.8. The number of carbonyl (C=O) groups is 1. The van der Waals surface area contributed by atoms with Gasteiger partial charge in [0, 0.05) is 51.9 Å². The number of para-hydroxylation sites is 1. The number of carbonyl (C=O) groups excluding carboxylic acids is 1. The zero-order valence-electron chi connectivity index (χ0n) is 14.2. The van der Waals surface area contributed by atoms with Crippen LogP contribution in [0.5, 0.6) is 0 Å². The summed E-state index contributed by atoms with van der Waals surface area (Å²) in [4.78, 5) is 16.5. The van der Waals surface area contributed by atoms with E-state index in [9.17, 15) is 4.79 Å². The van der Waals surface area contributed by atoms with Crippen molar-refractivity contribution >= 4 is 11.6 Å². The van der Waals surface area contributed by atoms with Gasteiger partial charge in [0.05, 0.1) is 0 Å². The minimum atomic E-state index is 0.106. The lowest BCUT2D eigenvalue weighted by Gasteiger charge is -2.32. The number of hydrogen-bond donors (Lipinski definition) is 1. The second kappa shape index (κ2) is 7.97. The van der Waals surface area contributed by atoms with Crippen molar-refractivity contribution in [3.05, 3.63) is 65.7 Å². The van der Waals surface area contributed by atoms with Crippen LogP contribution in [0.3, 0.4) is 0 Å². The molecule has 4 heteroatoms. The lowest BCUT2D eigenvalue weighted by atomic mass is 10.1. The maximum atomic E-state index is 12.1. The van der Waals surface area contributed by atoms with Crippen LogP contribution in [0.4, 0.5) is 5.69 Å². The highest BCUT2D eigenvalue weighted by Gasteiger charge is 2.17. The monoisotopic (exact) mass is 323 g/mol. The van der Waals surface area contributed by atoms with Gasteiger partial charge in [-0.05, 0) is 17.2 Å².